The van der Waals surface area contributed by atoms with Crippen molar-refractivity contribution < 1.29 is 13.2 Å². The van der Waals surface area contributed by atoms with Crippen molar-refractivity contribution in [2.75, 3.05) is 11.3 Å². The van der Waals surface area contributed by atoms with Gasteiger partial charge in [0.25, 0.3) is 10.0 Å². The van der Waals surface area contributed by atoms with Crippen molar-refractivity contribution in [3.05, 3.63) is 58.1 Å². The Balaban J connectivity index is 1.90. The maximum atomic E-state index is 12.7. The lowest BCUT2D eigenvalue weighted by atomic mass is 10.00. The van der Waals surface area contributed by atoms with Gasteiger partial charge >= 0.3 is 0 Å². The van der Waals surface area contributed by atoms with Gasteiger partial charge in [0, 0.05) is 25.0 Å². The molecule has 0 spiro atoms. The first-order valence-corrected chi connectivity index (χ1v) is 9.79. The van der Waals surface area contributed by atoms with Crippen molar-refractivity contribution in [3.63, 3.8) is 0 Å². The molecule has 1 N–H and O–H groups in total. The summed E-state index contributed by atoms with van der Waals surface area (Å²) in [5, 5.41) is 0.554. The fraction of sp³-hybridized carbons (Fsp3) is 0.278. The van der Waals surface area contributed by atoms with Crippen LogP contribution >= 0.6 is 11.6 Å². The molecule has 0 unspecified atom stereocenters. The van der Waals surface area contributed by atoms with E-state index in [1.54, 1.807) is 42.2 Å². The van der Waals surface area contributed by atoms with Gasteiger partial charge in [-0.1, -0.05) is 17.7 Å². The molecule has 0 atom stereocenters. The summed E-state index contributed by atoms with van der Waals surface area (Å²) in [6, 6.07) is 10.1. The van der Waals surface area contributed by atoms with Crippen molar-refractivity contribution >= 4 is 33.2 Å². The van der Waals surface area contributed by atoms with Crippen LogP contribution in [0.3, 0.4) is 0 Å². The molecule has 1 heterocycles. The lowest BCUT2D eigenvalue weighted by Crippen LogP contribution is -2.34. The first kappa shape index (κ1) is 17.8. The van der Waals surface area contributed by atoms with E-state index in [0.717, 1.165) is 23.1 Å². The smallest absolute Gasteiger partial charge is 0.261 e. The average molecular weight is 379 g/mol. The summed E-state index contributed by atoms with van der Waals surface area (Å²) >= 11 is 5.91. The molecule has 1 amide bonds. The Kier molecular flexibility index (Phi) is 4.75. The van der Waals surface area contributed by atoms with Gasteiger partial charge in [-0.2, -0.15) is 0 Å². The van der Waals surface area contributed by atoms with Gasteiger partial charge in [0.2, 0.25) is 5.91 Å². The molecule has 2 aromatic rings. The zero-order chi connectivity index (χ0) is 18.2. The van der Waals surface area contributed by atoms with Gasteiger partial charge < -0.3 is 4.90 Å². The summed E-state index contributed by atoms with van der Waals surface area (Å²) in [4.78, 5) is 13.5. The van der Waals surface area contributed by atoms with E-state index >= 15 is 0 Å². The van der Waals surface area contributed by atoms with E-state index in [-0.39, 0.29) is 10.8 Å². The maximum Gasteiger partial charge on any atom is 0.261 e. The van der Waals surface area contributed by atoms with Crippen LogP contribution in [0.5, 0.6) is 0 Å². The van der Waals surface area contributed by atoms with Crippen molar-refractivity contribution in [2.45, 2.75) is 31.7 Å². The number of fused-ring (bicyclic) bond motifs is 1. The van der Waals surface area contributed by atoms with Gasteiger partial charge in [-0.3, -0.25) is 9.52 Å². The van der Waals surface area contributed by atoms with Crippen LogP contribution in [0.4, 0.5) is 5.69 Å². The third-order valence-corrected chi connectivity index (χ3v) is 5.98. The van der Waals surface area contributed by atoms with E-state index in [1.807, 2.05) is 6.07 Å². The van der Waals surface area contributed by atoms with Gasteiger partial charge in [0.1, 0.15) is 0 Å². The maximum absolute atomic E-state index is 12.7. The number of halogens is 1. The Bertz CT molecular complexity index is 941. The SMILES string of the molecule is CC(=O)N1CCc2ccc(S(=O)(=O)Nc3ccc(Cl)cc3C)cc2C1. The Morgan fingerprint density at radius 3 is 2.60 bits per heavy atom. The van der Waals surface area contributed by atoms with Crippen molar-refractivity contribution in [1.82, 2.24) is 4.90 Å². The second-order valence-corrected chi connectivity index (χ2v) is 8.30. The third kappa shape index (κ3) is 3.80. The molecule has 1 aliphatic heterocycles. The molecule has 0 fully saturated rings. The van der Waals surface area contributed by atoms with E-state index in [0.29, 0.717) is 23.8 Å². The van der Waals surface area contributed by atoms with E-state index < -0.39 is 10.0 Å². The second kappa shape index (κ2) is 6.69. The predicted octanol–water partition coefficient (Wildman–Crippen LogP) is 3.35. The summed E-state index contributed by atoms with van der Waals surface area (Å²) in [5.41, 5.74) is 3.19. The fourth-order valence-corrected chi connectivity index (χ4v) is 4.32. The Labute approximate surface area is 152 Å². The van der Waals surface area contributed by atoms with Crippen LogP contribution in [0.25, 0.3) is 0 Å². The molecule has 3 rings (SSSR count). The van der Waals surface area contributed by atoms with E-state index in [4.69, 9.17) is 11.6 Å². The van der Waals surface area contributed by atoms with Crippen molar-refractivity contribution in [2.24, 2.45) is 0 Å². The lowest BCUT2D eigenvalue weighted by molar-refractivity contribution is -0.129. The first-order chi connectivity index (χ1) is 11.8. The van der Waals surface area contributed by atoms with Crippen LogP contribution in [-0.4, -0.2) is 25.8 Å². The summed E-state index contributed by atoms with van der Waals surface area (Å²) in [5.74, 6) is -0.00572. The summed E-state index contributed by atoms with van der Waals surface area (Å²) in [6.45, 7) is 4.42. The molecule has 0 bridgehead atoms. The normalized spacial score (nSPS) is 14.1. The number of hydrogen-bond donors (Lipinski definition) is 1. The zero-order valence-corrected chi connectivity index (χ0v) is 15.6. The van der Waals surface area contributed by atoms with Crippen LogP contribution in [0.2, 0.25) is 5.02 Å². The Morgan fingerprint density at radius 1 is 1.16 bits per heavy atom. The minimum absolute atomic E-state index is 0.00572. The molecule has 5 nitrogen and oxygen atoms in total. The molecule has 2 aromatic carbocycles. The monoisotopic (exact) mass is 378 g/mol. The highest BCUT2D eigenvalue weighted by atomic mass is 35.5. The standard InChI is InChI=1S/C18H19ClN2O3S/c1-12-9-16(19)4-6-18(12)20-25(23,24)17-5-3-14-7-8-21(13(2)22)11-15(14)10-17/h3-6,9-10,20H,7-8,11H2,1-2H3. The van der Waals surface area contributed by atoms with Gasteiger partial charge in [-0.15, -0.1) is 0 Å². The third-order valence-electron chi connectivity index (χ3n) is 4.38. The predicted molar refractivity (Wildman–Crippen MR) is 98.2 cm³/mol. The minimum Gasteiger partial charge on any atom is -0.338 e. The lowest BCUT2D eigenvalue weighted by Gasteiger charge is -2.28. The van der Waals surface area contributed by atoms with Crippen molar-refractivity contribution in [3.8, 4) is 0 Å². The summed E-state index contributed by atoms with van der Waals surface area (Å²) < 4.78 is 28.0. The van der Waals surface area contributed by atoms with Crippen LogP contribution in [0.15, 0.2) is 41.3 Å². The number of carbonyl (C=O) groups excluding carboxylic acids is 1. The van der Waals surface area contributed by atoms with E-state index in [9.17, 15) is 13.2 Å². The summed E-state index contributed by atoms with van der Waals surface area (Å²) in [7, 11) is -3.72. The molecule has 132 valence electrons. The molecule has 0 saturated heterocycles. The number of amides is 1. The number of rotatable bonds is 3. The molecule has 0 aliphatic carbocycles. The number of sulfonamides is 1. The average Bonchev–Trinajstić information content (AvgIpc) is 2.56. The van der Waals surface area contributed by atoms with E-state index in [2.05, 4.69) is 4.72 Å². The number of nitrogens with one attached hydrogen (secondary N) is 1. The number of benzene rings is 2. The second-order valence-electron chi connectivity index (χ2n) is 6.19. The molecule has 0 saturated carbocycles. The summed E-state index contributed by atoms with van der Waals surface area (Å²) in [6.07, 6.45) is 0.735. The van der Waals surface area contributed by atoms with Crippen LogP contribution < -0.4 is 4.72 Å². The highest BCUT2D eigenvalue weighted by Crippen LogP contribution is 2.26. The largest absolute Gasteiger partial charge is 0.338 e. The Hall–Kier alpha value is -2.05. The fourth-order valence-electron chi connectivity index (χ4n) is 2.91. The minimum atomic E-state index is -3.72. The highest BCUT2D eigenvalue weighted by Gasteiger charge is 2.22. The van der Waals surface area contributed by atoms with Crippen LogP contribution in [0.1, 0.15) is 23.6 Å². The number of nitrogens with zero attached hydrogens (tertiary/aromatic N) is 1. The Morgan fingerprint density at radius 2 is 1.92 bits per heavy atom. The quantitative estimate of drug-likeness (QED) is 0.890. The van der Waals surface area contributed by atoms with Gasteiger partial charge in [0.05, 0.1) is 10.6 Å². The van der Waals surface area contributed by atoms with E-state index in [1.165, 1.54) is 6.92 Å². The van der Waals surface area contributed by atoms with Crippen LogP contribution in [-0.2, 0) is 27.8 Å². The van der Waals surface area contributed by atoms with Gasteiger partial charge in [0.15, 0.2) is 0 Å². The molecule has 25 heavy (non-hydrogen) atoms. The molecule has 7 heteroatoms. The highest BCUT2D eigenvalue weighted by molar-refractivity contribution is 7.92. The molecular weight excluding hydrogens is 360 g/mol. The first-order valence-electron chi connectivity index (χ1n) is 7.92. The molecule has 0 aromatic heterocycles. The van der Waals surface area contributed by atoms with Crippen molar-refractivity contribution in [1.29, 1.82) is 0 Å². The number of carbonyl (C=O) groups is 1. The topological polar surface area (TPSA) is 66.5 Å². The number of anilines is 1. The van der Waals surface area contributed by atoms with Gasteiger partial charge in [-0.25, -0.2) is 8.42 Å². The number of hydrogen-bond acceptors (Lipinski definition) is 3. The van der Waals surface area contributed by atoms with Gasteiger partial charge in [-0.05, 0) is 60.4 Å². The number of aryl methyl sites for hydroxylation is 1. The molecule has 1 aliphatic rings. The van der Waals surface area contributed by atoms with Crippen LogP contribution in [0, 0.1) is 6.92 Å². The zero-order valence-electron chi connectivity index (χ0n) is 14.0. The molecular formula is C18H19ClN2O3S. The molecule has 0 radical (unpaired) electrons.